The summed E-state index contributed by atoms with van der Waals surface area (Å²) in [7, 11) is 0. The van der Waals surface area contributed by atoms with Gasteiger partial charge in [-0.15, -0.1) is 0 Å². The summed E-state index contributed by atoms with van der Waals surface area (Å²) in [5.41, 5.74) is 7.18. The largest absolute Gasteiger partial charge is 0.368 e. The number of rotatable bonds is 2. The molecule has 0 bridgehead atoms. The number of anilines is 2. The molecule has 0 aromatic carbocycles. The number of aryl methyl sites for hydroxylation is 1. The molecular weight excluding hydrogens is 228 g/mol. The van der Waals surface area contributed by atoms with Crippen LogP contribution in [0.2, 0.25) is 0 Å². The van der Waals surface area contributed by atoms with Crippen LogP contribution in [0.4, 0.5) is 11.8 Å². The smallest absolute Gasteiger partial charge is 0.219 e. The lowest BCUT2D eigenvalue weighted by atomic mass is 10.2. The minimum atomic E-state index is 0.271. The number of nitrogen functional groups attached to an aromatic ring is 1. The summed E-state index contributed by atoms with van der Waals surface area (Å²) in [4.78, 5) is 19.1. The van der Waals surface area contributed by atoms with Crippen LogP contribution in [-0.4, -0.2) is 33.0 Å². The zero-order chi connectivity index (χ0) is 12.5. The standard InChI is InChI=1S/C12H14N6/c1-8-16-10(9-6-14-12(13)15-7-9)5-11(17-8)18-3-2-4-18/h5-7H,2-4H2,1H3,(H2,13,14,15). The van der Waals surface area contributed by atoms with Crippen LogP contribution < -0.4 is 10.6 Å². The van der Waals surface area contributed by atoms with E-state index in [1.54, 1.807) is 12.4 Å². The van der Waals surface area contributed by atoms with E-state index in [1.807, 2.05) is 13.0 Å². The van der Waals surface area contributed by atoms with Crippen LogP contribution in [0, 0.1) is 6.92 Å². The molecule has 2 aromatic heterocycles. The van der Waals surface area contributed by atoms with Crippen molar-refractivity contribution in [2.75, 3.05) is 23.7 Å². The van der Waals surface area contributed by atoms with Crippen molar-refractivity contribution in [3.8, 4) is 11.3 Å². The van der Waals surface area contributed by atoms with E-state index in [0.29, 0.717) is 0 Å². The van der Waals surface area contributed by atoms with Crippen molar-refractivity contribution in [1.29, 1.82) is 0 Å². The predicted octanol–water partition coefficient (Wildman–Crippen LogP) is 1.03. The normalized spacial score (nSPS) is 14.4. The molecule has 0 saturated carbocycles. The van der Waals surface area contributed by atoms with Crippen molar-refractivity contribution < 1.29 is 0 Å². The molecule has 6 nitrogen and oxygen atoms in total. The molecule has 0 spiro atoms. The molecule has 0 amide bonds. The molecule has 18 heavy (non-hydrogen) atoms. The molecule has 3 heterocycles. The lowest BCUT2D eigenvalue weighted by molar-refractivity contribution is 0.608. The third kappa shape index (κ3) is 1.97. The molecule has 3 rings (SSSR count). The fraction of sp³-hybridized carbons (Fsp3) is 0.333. The van der Waals surface area contributed by atoms with E-state index in [2.05, 4.69) is 24.8 Å². The number of aromatic nitrogens is 4. The Labute approximate surface area is 105 Å². The Morgan fingerprint density at radius 1 is 1.17 bits per heavy atom. The fourth-order valence-corrected chi connectivity index (χ4v) is 1.88. The molecule has 1 saturated heterocycles. The third-order valence-electron chi connectivity index (χ3n) is 2.97. The van der Waals surface area contributed by atoms with Gasteiger partial charge in [-0.05, 0) is 13.3 Å². The highest BCUT2D eigenvalue weighted by atomic mass is 15.2. The van der Waals surface area contributed by atoms with Gasteiger partial charge in [-0.3, -0.25) is 0 Å². The summed E-state index contributed by atoms with van der Waals surface area (Å²) in [6.07, 6.45) is 4.59. The topological polar surface area (TPSA) is 80.8 Å². The monoisotopic (exact) mass is 242 g/mol. The number of hydrogen-bond donors (Lipinski definition) is 1. The van der Waals surface area contributed by atoms with Gasteiger partial charge in [-0.2, -0.15) is 0 Å². The fourth-order valence-electron chi connectivity index (χ4n) is 1.88. The molecule has 0 atom stereocenters. The van der Waals surface area contributed by atoms with Crippen LogP contribution in [0.5, 0.6) is 0 Å². The van der Waals surface area contributed by atoms with E-state index < -0.39 is 0 Å². The van der Waals surface area contributed by atoms with Crippen molar-refractivity contribution in [3.63, 3.8) is 0 Å². The maximum Gasteiger partial charge on any atom is 0.219 e. The second-order valence-corrected chi connectivity index (χ2v) is 4.33. The molecule has 0 unspecified atom stereocenters. The molecule has 1 aliphatic heterocycles. The molecule has 0 radical (unpaired) electrons. The van der Waals surface area contributed by atoms with E-state index in [0.717, 1.165) is 36.0 Å². The zero-order valence-corrected chi connectivity index (χ0v) is 10.2. The van der Waals surface area contributed by atoms with Gasteiger partial charge in [0.05, 0.1) is 5.69 Å². The first-order valence-electron chi connectivity index (χ1n) is 5.91. The van der Waals surface area contributed by atoms with Gasteiger partial charge in [0.2, 0.25) is 5.95 Å². The van der Waals surface area contributed by atoms with Gasteiger partial charge in [-0.1, -0.05) is 0 Å². The molecule has 2 N–H and O–H groups in total. The third-order valence-corrected chi connectivity index (χ3v) is 2.97. The van der Waals surface area contributed by atoms with E-state index in [4.69, 9.17) is 5.73 Å². The summed E-state index contributed by atoms with van der Waals surface area (Å²) in [5.74, 6) is 2.00. The van der Waals surface area contributed by atoms with Crippen LogP contribution in [0.3, 0.4) is 0 Å². The van der Waals surface area contributed by atoms with Crippen molar-refractivity contribution in [2.24, 2.45) is 0 Å². The van der Waals surface area contributed by atoms with E-state index in [9.17, 15) is 0 Å². The molecule has 92 valence electrons. The maximum atomic E-state index is 5.48. The summed E-state index contributed by atoms with van der Waals surface area (Å²) in [6, 6.07) is 1.97. The number of nitrogens with two attached hydrogens (primary N) is 1. The first kappa shape index (κ1) is 10.9. The first-order chi connectivity index (χ1) is 8.72. The molecule has 2 aromatic rings. The quantitative estimate of drug-likeness (QED) is 0.847. The second-order valence-electron chi connectivity index (χ2n) is 4.33. The summed E-state index contributed by atoms with van der Waals surface area (Å²) < 4.78 is 0. The van der Waals surface area contributed by atoms with Crippen molar-refractivity contribution in [3.05, 3.63) is 24.3 Å². The second kappa shape index (κ2) is 4.21. The van der Waals surface area contributed by atoms with Gasteiger partial charge in [-0.25, -0.2) is 19.9 Å². The van der Waals surface area contributed by atoms with E-state index in [1.165, 1.54) is 6.42 Å². The summed E-state index contributed by atoms with van der Waals surface area (Å²) in [5, 5.41) is 0. The number of nitrogens with zero attached hydrogens (tertiary/aromatic N) is 5. The van der Waals surface area contributed by atoms with Crippen molar-refractivity contribution in [1.82, 2.24) is 19.9 Å². The number of hydrogen-bond acceptors (Lipinski definition) is 6. The van der Waals surface area contributed by atoms with Gasteiger partial charge >= 0.3 is 0 Å². The van der Waals surface area contributed by atoms with Gasteiger partial charge in [0.25, 0.3) is 0 Å². The SMILES string of the molecule is Cc1nc(-c2cnc(N)nc2)cc(N2CCC2)n1. The Bertz CT molecular complexity index is 561. The predicted molar refractivity (Wildman–Crippen MR) is 69.0 cm³/mol. The Morgan fingerprint density at radius 3 is 2.50 bits per heavy atom. The van der Waals surface area contributed by atoms with Crippen molar-refractivity contribution in [2.45, 2.75) is 13.3 Å². The maximum absolute atomic E-state index is 5.48. The Balaban J connectivity index is 2.00. The van der Waals surface area contributed by atoms with Gasteiger partial charge in [0, 0.05) is 37.1 Å². The lowest BCUT2D eigenvalue weighted by Gasteiger charge is -2.32. The highest BCUT2D eigenvalue weighted by molar-refractivity contribution is 5.62. The van der Waals surface area contributed by atoms with Crippen LogP contribution in [0.25, 0.3) is 11.3 Å². The highest BCUT2D eigenvalue weighted by Gasteiger charge is 2.17. The molecule has 6 heteroatoms. The van der Waals surface area contributed by atoms with Gasteiger partial charge in [0.1, 0.15) is 11.6 Å². The Hall–Kier alpha value is -2.24. The Morgan fingerprint density at radius 2 is 1.89 bits per heavy atom. The minimum absolute atomic E-state index is 0.271. The van der Waals surface area contributed by atoms with Gasteiger partial charge < -0.3 is 10.6 Å². The Kier molecular flexibility index (Phi) is 2.55. The lowest BCUT2D eigenvalue weighted by Crippen LogP contribution is -2.37. The molecule has 0 aliphatic carbocycles. The van der Waals surface area contributed by atoms with Crippen LogP contribution in [-0.2, 0) is 0 Å². The van der Waals surface area contributed by atoms with Crippen LogP contribution in [0.1, 0.15) is 12.2 Å². The van der Waals surface area contributed by atoms with Crippen molar-refractivity contribution >= 4 is 11.8 Å². The average Bonchev–Trinajstić information content (AvgIpc) is 2.26. The molecule has 1 fully saturated rings. The summed E-state index contributed by atoms with van der Waals surface area (Å²) >= 11 is 0. The minimum Gasteiger partial charge on any atom is -0.368 e. The van der Waals surface area contributed by atoms with Gasteiger partial charge in [0.15, 0.2) is 0 Å². The van der Waals surface area contributed by atoms with E-state index >= 15 is 0 Å². The molecular formula is C12H14N6. The van der Waals surface area contributed by atoms with Crippen LogP contribution >= 0.6 is 0 Å². The van der Waals surface area contributed by atoms with Crippen LogP contribution in [0.15, 0.2) is 18.5 Å². The zero-order valence-electron chi connectivity index (χ0n) is 10.2. The van der Waals surface area contributed by atoms with E-state index in [-0.39, 0.29) is 5.95 Å². The average molecular weight is 242 g/mol. The summed E-state index contributed by atoms with van der Waals surface area (Å²) in [6.45, 7) is 4.02. The highest BCUT2D eigenvalue weighted by Crippen LogP contribution is 2.23. The molecule has 1 aliphatic rings. The first-order valence-corrected chi connectivity index (χ1v) is 5.91.